The van der Waals surface area contributed by atoms with E-state index < -0.39 is 18.5 Å². The molecule has 2 aromatic rings. The van der Waals surface area contributed by atoms with Crippen molar-refractivity contribution >= 4 is 52.4 Å². The van der Waals surface area contributed by atoms with E-state index >= 15 is 0 Å². The van der Waals surface area contributed by atoms with E-state index in [1.165, 1.54) is 13.0 Å². The summed E-state index contributed by atoms with van der Waals surface area (Å²) in [4.78, 5) is 34.8. The van der Waals surface area contributed by atoms with Gasteiger partial charge in [-0.25, -0.2) is 0 Å². The second kappa shape index (κ2) is 9.22. The molecule has 0 saturated carbocycles. The van der Waals surface area contributed by atoms with Crippen LogP contribution >= 0.6 is 23.2 Å². The lowest BCUT2D eigenvalue weighted by Gasteiger charge is -2.09. The molecule has 0 heterocycles. The highest BCUT2D eigenvalue weighted by molar-refractivity contribution is 6.35. The summed E-state index contributed by atoms with van der Waals surface area (Å²) < 4.78 is 4.95. The smallest absolute Gasteiger partial charge is 0.310 e. The molecular weight excluding hydrogens is 379 g/mol. The Kier molecular flexibility index (Phi) is 7.00. The summed E-state index contributed by atoms with van der Waals surface area (Å²) in [5, 5.41) is 6.01. The molecule has 2 N–H and O–H groups in total. The zero-order valence-electron chi connectivity index (χ0n) is 13.8. The average molecular weight is 395 g/mol. The first-order valence-electron chi connectivity index (χ1n) is 7.60. The number of carbonyl (C=O) groups is 3. The number of anilines is 2. The fraction of sp³-hybridized carbons (Fsp3) is 0.167. The lowest BCUT2D eigenvalue weighted by Crippen LogP contribution is -2.21. The Morgan fingerprint density at radius 2 is 1.69 bits per heavy atom. The zero-order chi connectivity index (χ0) is 19.1. The van der Waals surface area contributed by atoms with Crippen LogP contribution in [0.1, 0.15) is 12.5 Å². The van der Waals surface area contributed by atoms with Crippen LogP contribution < -0.4 is 10.6 Å². The maximum Gasteiger partial charge on any atom is 0.310 e. The standard InChI is InChI=1S/C18H16Cl2N2O4/c1-11(23)21-14-3-2-4-15(9-14)22-17(24)10-26-18(25)7-12-5-6-13(19)8-16(12)20/h2-6,8-9H,7,10H2,1H3,(H,21,23)(H,22,24). The molecule has 0 aliphatic rings. The zero-order valence-corrected chi connectivity index (χ0v) is 15.4. The molecule has 0 bridgehead atoms. The van der Waals surface area contributed by atoms with E-state index in [2.05, 4.69) is 10.6 Å². The molecule has 26 heavy (non-hydrogen) atoms. The van der Waals surface area contributed by atoms with Crippen LogP contribution in [0.4, 0.5) is 11.4 Å². The third-order valence-electron chi connectivity index (χ3n) is 3.18. The van der Waals surface area contributed by atoms with Gasteiger partial charge in [-0.1, -0.05) is 35.3 Å². The lowest BCUT2D eigenvalue weighted by atomic mass is 10.1. The second-order valence-electron chi connectivity index (χ2n) is 5.38. The Bertz CT molecular complexity index is 840. The van der Waals surface area contributed by atoms with E-state index in [1.807, 2.05) is 0 Å². The van der Waals surface area contributed by atoms with Crippen molar-refractivity contribution in [1.29, 1.82) is 0 Å². The first-order valence-corrected chi connectivity index (χ1v) is 8.36. The number of esters is 1. The summed E-state index contributed by atoms with van der Waals surface area (Å²) >= 11 is 11.8. The molecular formula is C18H16Cl2N2O4. The highest BCUT2D eigenvalue weighted by atomic mass is 35.5. The van der Waals surface area contributed by atoms with Gasteiger partial charge >= 0.3 is 5.97 Å². The second-order valence-corrected chi connectivity index (χ2v) is 6.23. The molecule has 0 aromatic heterocycles. The number of hydrogen-bond acceptors (Lipinski definition) is 4. The Morgan fingerprint density at radius 1 is 1.00 bits per heavy atom. The summed E-state index contributed by atoms with van der Waals surface area (Å²) in [5.41, 5.74) is 1.58. The van der Waals surface area contributed by atoms with Crippen molar-refractivity contribution in [3.05, 3.63) is 58.1 Å². The molecule has 2 rings (SSSR count). The molecule has 0 unspecified atom stereocenters. The van der Waals surface area contributed by atoms with Crippen LogP contribution in [0.3, 0.4) is 0 Å². The molecule has 0 atom stereocenters. The number of amides is 2. The van der Waals surface area contributed by atoms with Crippen LogP contribution in [0.2, 0.25) is 10.0 Å². The molecule has 0 radical (unpaired) electrons. The van der Waals surface area contributed by atoms with Gasteiger partial charge in [0.05, 0.1) is 6.42 Å². The van der Waals surface area contributed by atoms with Gasteiger partial charge in [0, 0.05) is 28.3 Å². The quantitative estimate of drug-likeness (QED) is 0.731. The van der Waals surface area contributed by atoms with Crippen molar-refractivity contribution < 1.29 is 19.1 Å². The van der Waals surface area contributed by atoms with Gasteiger partial charge in [-0.15, -0.1) is 0 Å². The minimum atomic E-state index is -0.587. The molecule has 0 fully saturated rings. The first kappa shape index (κ1) is 19.8. The van der Waals surface area contributed by atoms with Crippen LogP contribution in [-0.4, -0.2) is 24.4 Å². The monoisotopic (exact) mass is 394 g/mol. The molecule has 136 valence electrons. The topological polar surface area (TPSA) is 84.5 Å². The van der Waals surface area contributed by atoms with Crippen molar-refractivity contribution in [2.75, 3.05) is 17.2 Å². The van der Waals surface area contributed by atoms with Crippen LogP contribution in [0.5, 0.6) is 0 Å². The van der Waals surface area contributed by atoms with E-state index in [4.69, 9.17) is 27.9 Å². The van der Waals surface area contributed by atoms with Crippen molar-refractivity contribution in [1.82, 2.24) is 0 Å². The summed E-state index contributed by atoms with van der Waals surface area (Å²) in [6, 6.07) is 11.4. The minimum absolute atomic E-state index is 0.0682. The van der Waals surface area contributed by atoms with Crippen molar-refractivity contribution in [3.63, 3.8) is 0 Å². The molecule has 6 nitrogen and oxygen atoms in total. The van der Waals surface area contributed by atoms with Crippen molar-refractivity contribution in [3.8, 4) is 0 Å². The number of ether oxygens (including phenoxy) is 1. The maximum atomic E-state index is 11.9. The van der Waals surface area contributed by atoms with E-state index in [1.54, 1.807) is 36.4 Å². The fourth-order valence-corrected chi connectivity index (χ4v) is 2.57. The number of rotatable bonds is 6. The molecule has 2 amide bonds. The largest absolute Gasteiger partial charge is 0.455 e. The van der Waals surface area contributed by atoms with Gasteiger partial charge in [-0.3, -0.25) is 14.4 Å². The van der Waals surface area contributed by atoms with Gasteiger partial charge in [0.1, 0.15) is 0 Å². The lowest BCUT2D eigenvalue weighted by molar-refractivity contribution is -0.146. The number of nitrogens with one attached hydrogen (secondary N) is 2. The molecule has 8 heteroatoms. The van der Waals surface area contributed by atoms with E-state index in [0.29, 0.717) is 27.0 Å². The highest BCUT2D eigenvalue weighted by Gasteiger charge is 2.11. The first-order chi connectivity index (χ1) is 12.3. The summed E-state index contributed by atoms with van der Waals surface area (Å²) in [6.07, 6.45) is -0.0682. The number of halogens is 2. The number of carbonyl (C=O) groups excluding carboxylic acids is 3. The maximum absolute atomic E-state index is 11.9. The highest BCUT2D eigenvalue weighted by Crippen LogP contribution is 2.21. The normalized spacial score (nSPS) is 10.1. The van der Waals surface area contributed by atoms with Gasteiger partial charge in [-0.2, -0.15) is 0 Å². The van der Waals surface area contributed by atoms with Crippen LogP contribution in [-0.2, 0) is 25.5 Å². The van der Waals surface area contributed by atoms with E-state index in [0.717, 1.165) is 0 Å². The van der Waals surface area contributed by atoms with Crippen LogP contribution in [0.15, 0.2) is 42.5 Å². The molecule has 0 saturated heterocycles. The minimum Gasteiger partial charge on any atom is -0.455 e. The van der Waals surface area contributed by atoms with Crippen LogP contribution in [0.25, 0.3) is 0 Å². The van der Waals surface area contributed by atoms with Gasteiger partial charge in [-0.05, 0) is 35.9 Å². The van der Waals surface area contributed by atoms with Crippen molar-refractivity contribution in [2.45, 2.75) is 13.3 Å². The van der Waals surface area contributed by atoms with Crippen molar-refractivity contribution in [2.24, 2.45) is 0 Å². The fourth-order valence-electron chi connectivity index (χ4n) is 2.09. The molecule has 0 spiro atoms. The van der Waals surface area contributed by atoms with Gasteiger partial charge in [0.15, 0.2) is 6.61 Å². The molecule has 0 aliphatic carbocycles. The Balaban J connectivity index is 1.84. The SMILES string of the molecule is CC(=O)Nc1cccc(NC(=O)COC(=O)Cc2ccc(Cl)cc2Cl)c1. The number of hydrogen-bond donors (Lipinski definition) is 2. The summed E-state index contributed by atoms with van der Waals surface area (Å²) in [7, 11) is 0. The molecule has 0 aliphatic heterocycles. The average Bonchev–Trinajstić information content (AvgIpc) is 2.55. The van der Waals surface area contributed by atoms with E-state index in [-0.39, 0.29) is 12.3 Å². The number of benzene rings is 2. The third kappa shape index (κ3) is 6.38. The summed E-state index contributed by atoms with van der Waals surface area (Å²) in [5.74, 6) is -1.31. The predicted octanol–water partition coefficient (Wildman–Crippen LogP) is 3.68. The van der Waals surface area contributed by atoms with Gasteiger partial charge in [0.25, 0.3) is 5.91 Å². The van der Waals surface area contributed by atoms with Gasteiger partial charge in [0.2, 0.25) is 5.91 Å². The Hall–Kier alpha value is -2.57. The third-order valence-corrected chi connectivity index (χ3v) is 3.77. The van der Waals surface area contributed by atoms with Gasteiger partial charge < -0.3 is 15.4 Å². The predicted molar refractivity (Wildman–Crippen MR) is 101 cm³/mol. The Labute approximate surface area is 160 Å². The van der Waals surface area contributed by atoms with E-state index in [9.17, 15) is 14.4 Å². The summed E-state index contributed by atoms with van der Waals surface area (Å²) in [6.45, 7) is 0.950. The van der Waals surface area contributed by atoms with Crippen LogP contribution in [0, 0.1) is 0 Å². The Morgan fingerprint density at radius 3 is 2.35 bits per heavy atom. The molecule has 2 aromatic carbocycles.